The number of allylic oxidation sites excluding steroid dienone is 2. The number of carbonyl (C=O) groups excluding carboxylic acids is 1. The molecule has 0 bridgehead atoms. The Labute approximate surface area is 126 Å². The number of ether oxygens (including phenoxy) is 2. The van der Waals surface area contributed by atoms with Crippen molar-refractivity contribution in [2.45, 2.75) is 58.2 Å². The second kappa shape index (κ2) is 6.26. The van der Waals surface area contributed by atoms with Gasteiger partial charge in [0.05, 0.1) is 12.6 Å². The van der Waals surface area contributed by atoms with Gasteiger partial charge in [-0.3, -0.25) is 4.90 Å². The maximum Gasteiger partial charge on any atom is 0.414 e. The maximum absolute atomic E-state index is 12.1. The number of rotatable bonds is 2. The van der Waals surface area contributed by atoms with Crippen LogP contribution in [0.15, 0.2) is 23.6 Å². The Kier molecular flexibility index (Phi) is 4.62. The monoisotopic (exact) mass is 288 g/mol. The molecule has 1 saturated carbocycles. The fourth-order valence-corrected chi connectivity index (χ4v) is 2.44. The molecule has 21 heavy (non-hydrogen) atoms. The second-order valence-electron chi connectivity index (χ2n) is 6.45. The van der Waals surface area contributed by atoms with Gasteiger partial charge in [-0.1, -0.05) is 5.92 Å². The predicted molar refractivity (Wildman–Crippen MR) is 79.6 cm³/mol. The third-order valence-electron chi connectivity index (χ3n) is 3.33. The van der Waals surface area contributed by atoms with E-state index in [-0.39, 0.29) is 6.10 Å². The van der Waals surface area contributed by atoms with E-state index >= 15 is 0 Å². The normalized spacial score (nSPS) is 19.6. The Morgan fingerprint density at radius 1 is 1.38 bits per heavy atom. The van der Waals surface area contributed by atoms with Crippen LogP contribution in [-0.4, -0.2) is 29.2 Å². The van der Waals surface area contributed by atoms with Crippen molar-refractivity contribution >= 4 is 6.09 Å². The van der Waals surface area contributed by atoms with Crippen LogP contribution in [-0.2, 0) is 9.47 Å². The van der Waals surface area contributed by atoms with Crippen LogP contribution < -0.4 is 0 Å². The third kappa shape index (κ3) is 4.56. The highest BCUT2D eigenvalue weighted by Gasteiger charge is 2.26. The average molecular weight is 288 g/mol. The quantitative estimate of drug-likeness (QED) is 0.729. The zero-order chi connectivity index (χ0) is 15.5. The number of hydrogen-bond donors (Lipinski definition) is 0. The highest BCUT2D eigenvalue weighted by molar-refractivity contribution is 5.71. The molecule has 2 aliphatic rings. The van der Waals surface area contributed by atoms with E-state index in [1.165, 1.54) is 17.7 Å². The molecule has 0 unspecified atom stereocenters. The van der Waals surface area contributed by atoms with E-state index < -0.39 is 11.7 Å². The van der Waals surface area contributed by atoms with Gasteiger partial charge in [-0.15, -0.1) is 0 Å². The summed E-state index contributed by atoms with van der Waals surface area (Å²) in [6.45, 7) is 5.83. The van der Waals surface area contributed by atoms with Gasteiger partial charge in [0.1, 0.15) is 11.4 Å². The van der Waals surface area contributed by atoms with E-state index in [9.17, 15) is 4.79 Å². The lowest BCUT2D eigenvalue weighted by Crippen LogP contribution is -2.36. The van der Waals surface area contributed by atoms with Crippen LogP contribution in [0, 0.1) is 12.3 Å². The first-order chi connectivity index (χ1) is 9.87. The van der Waals surface area contributed by atoms with E-state index in [1.807, 2.05) is 20.8 Å². The Bertz CT molecular complexity index is 499. The smallest absolute Gasteiger partial charge is 0.414 e. The predicted octanol–water partition coefficient (Wildman–Crippen LogP) is 3.55. The molecular formula is C17H22NO3. The first kappa shape index (κ1) is 15.5. The van der Waals surface area contributed by atoms with Crippen molar-refractivity contribution < 1.29 is 14.3 Å². The highest BCUT2D eigenvalue weighted by Crippen LogP contribution is 2.26. The highest BCUT2D eigenvalue weighted by atomic mass is 16.6. The fraction of sp³-hybridized carbons (Fsp3) is 0.588. The molecule has 0 saturated heterocycles. The number of nitrogens with zero attached hydrogens (tertiary/aromatic N) is 1. The van der Waals surface area contributed by atoms with Gasteiger partial charge in [-0.25, -0.2) is 4.79 Å². The number of hydrogen-bond acceptors (Lipinski definition) is 3. The summed E-state index contributed by atoms with van der Waals surface area (Å²) < 4.78 is 11.3. The minimum atomic E-state index is -0.548. The third-order valence-corrected chi connectivity index (χ3v) is 3.33. The molecule has 0 atom stereocenters. The summed E-state index contributed by atoms with van der Waals surface area (Å²) in [4.78, 5) is 13.6. The van der Waals surface area contributed by atoms with Crippen molar-refractivity contribution in [3.63, 3.8) is 0 Å². The SMILES string of the molecule is [C]#CC1=CN(C(=O)OC(C)(C)C)CC(OC2CCCC2)=C1. The van der Waals surface area contributed by atoms with E-state index in [2.05, 4.69) is 5.92 Å². The molecule has 0 spiro atoms. The molecule has 2 rings (SSSR count). The van der Waals surface area contributed by atoms with Crippen LogP contribution in [0.4, 0.5) is 4.79 Å². The van der Waals surface area contributed by atoms with E-state index in [4.69, 9.17) is 15.9 Å². The fourth-order valence-electron chi connectivity index (χ4n) is 2.44. The van der Waals surface area contributed by atoms with Crippen LogP contribution in [0.3, 0.4) is 0 Å². The average Bonchev–Trinajstić information content (AvgIpc) is 2.89. The lowest BCUT2D eigenvalue weighted by molar-refractivity contribution is 0.0292. The Morgan fingerprint density at radius 2 is 2.05 bits per heavy atom. The minimum absolute atomic E-state index is 0.224. The molecule has 0 aromatic heterocycles. The summed E-state index contributed by atoms with van der Waals surface area (Å²) in [5.74, 6) is 3.01. The van der Waals surface area contributed by atoms with Crippen molar-refractivity contribution in [3.05, 3.63) is 30.0 Å². The van der Waals surface area contributed by atoms with Crippen LogP contribution in [0.5, 0.6) is 0 Å². The van der Waals surface area contributed by atoms with E-state index in [0.29, 0.717) is 17.9 Å². The van der Waals surface area contributed by atoms with Crippen molar-refractivity contribution in [3.8, 4) is 5.92 Å². The van der Waals surface area contributed by atoms with Gasteiger partial charge in [-0.2, -0.15) is 0 Å². The molecule has 0 aromatic carbocycles. The Hall–Kier alpha value is -1.89. The molecule has 0 aromatic rings. The van der Waals surface area contributed by atoms with Gasteiger partial charge in [-0.05, 0) is 59.0 Å². The number of carbonyl (C=O) groups is 1. The lowest BCUT2D eigenvalue weighted by atomic mass is 10.2. The minimum Gasteiger partial charge on any atom is -0.493 e. The molecule has 0 N–H and O–H groups in total. The zero-order valence-corrected chi connectivity index (χ0v) is 12.9. The second-order valence-corrected chi connectivity index (χ2v) is 6.45. The molecule has 1 fully saturated rings. The van der Waals surface area contributed by atoms with E-state index in [1.54, 1.807) is 12.3 Å². The molecule has 1 aliphatic heterocycles. The summed E-state index contributed by atoms with van der Waals surface area (Å²) in [5.41, 5.74) is -0.0345. The molecule has 4 heteroatoms. The van der Waals surface area contributed by atoms with Gasteiger partial charge in [0.15, 0.2) is 0 Å². The van der Waals surface area contributed by atoms with Gasteiger partial charge >= 0.3 is 6.09 Å². The first-order valence-corrected chi connectivity index (χ1v) is 7.39. The lowest BCUT2D eigenvalue weighted by Gasteiger charge is -2.28. The van der Waals surface area contributed by atoms with E-state index in [0.717, 1.165) is 12.8 Å². The number of amides is 1. The Morgan fingerprint density at radius 3 is 2.62 bits per heavy atom. The summed E-state index contributed by atoms with van der Waals surface area (Å²) in [7, 11) is 0. The molecule has 4 nitrogen and oxygen atoms in total. The van der Waals surface area contributed by atoms with Crippen molar-refractivity contribution in [2.75, 3.05) is 6.54 Å². The van der Waals surface area contributed by atoms with Crippen molar-refractivity contribution in [1.29, 1.82) is 0 Å². The van der Waals surface area contributed by atoms with Gasteiger partial charge in [0, 0.05) is 11.8 Å². The van der Waals surface area contributed by atoms with Crippen LogP contribution in [0.1, 0.15) is 46.5 Å². The Balaban J connectivity index is 2.05. The maximum atomic E-state index is 12.1. The molecule has 1 heterocycles. The summed E-state index contributed by atoms with van der Waals surface area (Å²) in [5, 5.41) is 0. The molecule has 1 amide bonds. The topological polar surface area (TPSA) is 38.8 Å². The molecule has 1 aliphatic carbocycles. The largest absolute Gasteiger partial charge is 0.493 e. The van der Waals surface area contributed by atoms with Crippen LogP contribution >= 0.6 is 0 Å². The summed E-state index contributed by atoms with van der Waals surface area (Å²) in [6.07, 6.45) is 14.9. The van der Waals surface area contributed by atoms with Gasteiger partial charge < -0.3 is 9.47 Å². The van der Waals surface area contributed by atoms with Gasteiger partial charge in [0.2, 0.25) is 0 Å². The van der Waals surface area contributed by atoms with Gasteiger partial charge in [0.25, 0.3) is 0 Å². The summed E-state index contributed by atoms with van der Waals surface area (Å²) in [6, 6.07) is 0. The van der Waals surface area contributed by atoms with Crippen LogP contribution in [0.2, 0.25) is 0 Å². The zero-order valence-electron chi connectivity index (χ0n) is 12.9. The first-order valence-electron chi connectivity index (χ1n) is 7.39. The molecule has 1 radical (unpaired) electrons. The van der Waals surface area contributed by atoms with Crippen molar-refractivity contribution in [2.24, 2.45) is 0 Å². The summed E-state index contributed by atoms with van der Waals surface area (Å²) >= 11 is 0. The standard InChI is InChI=1S/C17H22NO3/c1-5-13-10-15(20-14-8-6-7-9-14)12-18(11-13)16(19)21-17(2,3)4/h10-11,14H,6-9,12H2,2-4H3. The molecule has 113 valence electrons. The van der Waals surface area contributed by atoms with Crippen LogP contribution in [0.25, 0.3) is 0 Å². The van der Waals surface area contributed by atoms with Crippen molar-refractivity contribution in [1.82, 2.24) is 4.90 Å². The molecular weight excluding hydrogens is 266 g/mol.